The summed E-state index contributed by atoms with van der Waals surface area (Å²) in [5.41, 5.74) is 0.772. The number of esters is 1. The van der Waals surface area contributed by atoms with Crippen molar-refractivity contribution in [2.75, 3.05) is 12.5 Å². The van der Waals surface area contributed by atoms with Gasteiger partial charge in [-0.2, -0.15) is 0 Å². The minimum absolute atomic E-state index is 0.0786. The number of rotatable bonds is 5. The molecule has 2 atom stereocenters. The maximum atomic E-state index is 11.5. The van der Waals surface area contributed by atoms with Crippen LogP contribution in [-0.4, -0.2) is 34.8 Å². The van der Waals surface area contributed by atoms with Gasteiger partial charge in [-0.15, -0.1) is 11.6 Å². The lowest BCUT2D eigenvalue weighted by Crippen LogP contribution is -2.20. The summed E-state index contributed by atoms with van der Waals surface area (Å²) in [4.78, 5) is 11.5. The number of aliphatic hydroxyl groups excluding tert-OH is 2. The van der Waals surface area contributed by atoms with Crippen LogP contribution in [0.25, 0.3) is 0 Å². The number of benzene rings is 1. The van der Waals surface area contributed by atoms with Crippen LogP contribution < -0.4 is 0 Å². The number of aliphatic hydroxyl groups is 2. The lowest BCUT2D eigenvalue weighted by atomic mass is 10.0. The molecule has 0 heterocycles. The van der Waals surface area contributed by atoms with Crippen molar-refractivity contribution in [2.45, 2.75) is 19.1 Å². The SMILES string of the molecule is CCOC(=O)c1cccc(C(O)C(O)CCl)c1. The van der Waals surface area contributed by atoms with E-state index in [2.05, 4.69) is 0 Å². The second kappa shape index (κ2) is 6.59. The van der Waals surface area contributed by atoms with Gasteiger partial charge in [-0.3, -0.25) is 0 Å². The topological polar surface area (TPSA) is 66.8 Å². The number of hydrogen-bond donors (Lipinski definition) is 2. The van der Waals surface area contributed by atoms with Crippen LogP contribution >= 0.6 is 11.6 Å². The summed E-state index contributed by atoms with van der Waals surface area (Å²) in [5.74, 6) is -0.535. The number of alkyl halides is 1. The molecule has 2 unspecified atom stereocenters. The highest BCUT2D eigenvalue weighted by Gasteiger charge is 2.18. The molecule has 0 fully saturated rings. The van der Waals surface area contributed by atoms with E-state index in [1.807, 2.05) is 0 Å². The maximum absolute atomic E-state index is 11.5. The first-order chi connectivity index (χ1) is 8.10. The molecule has 1 aromatic rings. The summed E-state index contributed by atoms with van der Waals surface area (Å²) in [6, 6.07) is 6.30. The minimum atomic E-state index is -1.11. The molecule has 17 heavy (non-hydrogen) atoms. The summed E-state index contributed by atoms with van der Waals surface area (Å²) >= 11 is 5.45. The third kappa shape index (κ3) is 3.70. The second-order valence-electron chi connectivity index (χ2n) is 3.51. The van der Waals surface area contributed by atoms with E-state index in [-0.39, 0.29) is 12.5 Å². The lowest BCUT2D eigenvalue weighted by Gasteiger charge is -2.16. The Kier molecular flexibility index (Phi) is 5.41. The molecule has 0 radical (unpaired) electrons. The summed E-state index contributed by atoms with van der Waals surface area (Å²) in [7, 11) is 0. The highest BCUT2D eigenvalue weighted by molar-refractivity contribution is 6.18. The van der Waals surface area contributed by atoms with Gasteiger partial charge in [0.15, 0.2) is 0 Å². The normalized spacial score (nSPS) is 14.1. The van der Waals surface area contributed by atoms with Gasteiger partial charge in [0.25, 0.3) is 0 Å². The number of hydrogen-bond acceptors (Lipinski definition) is 4. The van der Waals surface area contributed by atoms with E-state index >= 15 is 0 Å². The Balaban J connectivity index is 2.89. The average molecular weight is 259 g/mol. The smallest absolute Gasteiger partial charge is 0.338 e. The molecular formula is C12H15ClO4. The van der Waals surface area contributed by atoms with Crippen LogP contribution in [0.3, 0.4) is 0 Å². The lowest BCUT2D eigenvalue weighted by molar-refractivity contribution is 0.0325. The first kappa shape index (κ1) is 14.0. The first-order valence-corrected chi connectivity index (χ1v) is 5.82. The summed E-state index contributed by atoms with van der Waals surface area (Å²) in [6.07, 6.45) is -2.17. The van der Waals surface area contributed by atoms with E-state index < -0.39 is 18.2 Å². The van der Waals surface area contributed by atoms with Crippen LogP contribution in [0.2, 0.25) is 0 Å². The molecule has 5 heteroatoms. The van der Waals surface area contributed by atoms with E-state index in [0.717, 1.165) is 0 Å². The van der Waals surface area contributed by atoms with Gasteiger partial charge in [0.1, 0.15) is 6.10 Å². The van der Waals surface area contributed by atoms with Gasteiger partial charge >= 0.3 is 5.97 Å². The fourth-order valence-electron chi connectivity index (χ4n) is 1.37. The zero-order valence-corrected chi connectivity index (χ0v) is 10.2. The molecule has 2 N–H and O–H groups in total. The maximum Gasteiger partial charge on any atom is 0.338 e. The standard InChI is InChI=1S/C12H15ClO4/c1-2-17-12(16)9-5-3-4-8(6-9)11(15)10(14)7-13/h3-6,10-11,14-15H,2,7H2,1H3. The molecule has 0 saturated carbocycles. The molecule has 1 rings (SSSR count). The predicted molar refractivity (Wildman–Crippen MR) is 64.1 cm³/mol. The molecule has 0 saturated heterocycles. The van der Waals surface area contributed by atoms with Crippen molar-refractivity contribution in [3.63, 3.8) is 0 Å². The van der Waals surface area contributed by atoms with E-state index in [1.54, 1.807) is 25.1 Å². The minimum Gasteiger partial charge on any atom is -0.462 e. The van der Waals surface area contributed by atoms with Gasteiger partial charge in [0.2, 0.25) is 0 Å². The van der Waals surface area contributed by atoms with Gasteiger partial charge in [-0.05, 0) is 24.6 Å². The molecule has 0 spiro atoms. The molecular weight excluding hydrogens is 244 g/mol. The molecule has 0 aliphatic rings. The highest BCUT2D eigenvalue weighted by atomic mass is 35.5. The van der Waals surface area contributed by atoms with E-state index in [0.29, 0.717) is 11.1 Å². The van der Waals surface area contributed by atoms with E-state index in [1.165, 1.54) is 6.07 Å². The Bertz CT molecular complexity index is 381. The molecule has 0 aliphatic heterocycles. The molecule has 0 aromatic heterocycles. The number of halogens is 1. The van der Waals surface area contributed by atoms with Crippen LogP contribution in [0.1, 0.15) is 28.9 Å². The fourth-order valence-corrected chi connectivity index (χ4v) is 1.54. The second-order valence-corrected chi connectivity index (χ2v) is 3.82. The Hall–Kier alpha value is -1.10. The summed E-state index contributed by atoms with van der Waals surface area (Å²) < 4.78 is 4.84. The molecule has 1 aromatic carbocycles. The fraction of sp³-hybridized carbons (Fsp3) is 0.417. The molecule has 0 bridgehead atoms. The molecule has 94 valence electrons. The van der Waals surface area contributed by atoms with Crippen molar-refractivity contribution >= 4 is 17.6 Å². The zero-order chi connectivity index (χ0) is 12.8. The van der Waals surface area contributed by atoms with Gasteiger partial charge in [-0.25, -0.2) is 4.79 Å². The van der Waals surface area contributed by atoms with Crippen LogP contribution in [-0.2, 0) is 4.74 Å². The summed E-state index contributed by atoms with van der Waals surface area (Å²) in [6.45, 7) is 2.00. The third-order valence-electron chi connectivity index (χ3n) is 2.26. The van der Waals surface area contributed by atoms with Crippen LogP contribution in [0, 0.1) is 0 Å². The largest absolute Gasteiger partial charge is 0.462 e. The molecule has 0 amide bonds. The van der Waals surface area contributed by atoms with E-state index in [9.17, 15) is 15.0 Å². The van der Waals surface area contributed by atoms with Crippen molar-refractivity contribution in [1.29, 1.82) is 0 Å². The Morgan fingerprint density at radius 1 is 1.47 bits per heavy atom. The zero-order valence-electron chi connectivity index (χ0n) is 9.47. The van der Waals surface area contributed by atoms with Crippen LogP contribution in [0.4, 0.5) is 0 Å². The monoisotopic (exact) mass is 258 g/mol. The first-order valence-electron chi connectivity index (χ1n) is 5.29. The van der Waals surface area contributed by atoms with Gasteiger partial charge in [0.05, 0.1) is 24.2 Å². The van der Waals surface area contributed by atoms with Crippen molar-refractivity contribution in [2.24, 2.45) is 0 Å². The number of ether oxygens (including phenoxy) is 1. The average Bonchev–Trinajstić information content (AvgIpc) is 2.37. The van der Waals surface area contributed by atoms with Crippen molar-refractivity contribution in [3.8, 4) is 0 Å². The Morgan fingerprint density at radius 2 is 2.18 bits per heavy atom. The van der Waals surface area contributed by atoms with E-state index in [4.69, 9.17) is 16.3 Å². The van der Waals surface area contributed by atoms with Gasteiger partial charge < -0.3 is 14.9 Å². The number of carbonyl (C=O) groups is 1. The molecule has 4 nitrogen and oxygen atoms in total. The van der Waals surface area contributed by atoms with Gasteiger partial charge in [0, 0.05) is 0 Å². The van der Waals surface area contributed by atoms with Crippen LogP contribution in [0.15, 0.2) is 24.3 Å². The van der Waals surface area contributed by atoms with Crippen LogP contribution in [0.5, 0.6) is 0 Å². The van der Waals surface area contributed by atoms with Crippen molar-refractivity contribution in [1.82, 2.24) is 0 Å². The quantitative estimate of drug-likeness (QED) is 0.620. The highest BCUT2D eigenvalue weighted by Crippen LogP contribution is 2.19. The third-order valence-corrected chi connectivity index (χ3v) is 2.58. The summed E-state index contributed by atoms with van der Waals surface area (Å²) in [5, 5.41) is 19.2. The predicted octanol–water partition coefficient (Wildman–Crippen LogP) is 1.50. The Labute approximate surface area is 105 Å². The number of carbonyl (C=O) groups excluding carboxylic acids is 1. The Morgan fingerprint density at radius 3 is 2.76 bits per heavy atom. The van der Waals surface area contributed by atoms with Crippen molar-refractivity contribution < 1.29 is 19.7 Å². The van der Waals surface area contributed by atoms with Crippen molar-refractivity contribution in [3.05, 3.63) is 35.4 Å². The van der Waals surface area contributed by atoms with Gasteiger partial charge in [-0.1, -0.05) is 12.1 Å². The molecule has 0 aliphatic carbocycles.